The van der Waals surface area contributed by atoms with E-state index < -0.39 is 11.9 Å². The number of hydrogen-bond donors (Lipinski definition) is 1. The second kappa shape index (κ2) is 4.69. The van der Waals surface area contributed by atoms with Crippen molar-refractivity contribution < 1.29 is 9.90 Å². The Morgan fingerprint density at radius 2 is 2.06 bits per heavy atom. The van der Waals surface area contributed by atoms with Gasteiger partial charge in [-0.2, -0.15) is 0 Å². The van der Waals surface area contributed by atoms with E-state index in [0.29, 0.717) is 10.9 Å². The molecule has 2 rings (SSSR count). The molecule has 1 aliphatic rings. The van der Waals surface area contributed by atoms with Crippen LogP contribution in [-0.2, 0) is 17.6 Å². The molecule has 0 bridgehead atoms. The predicted octanol–water partition coefficient (Wildman–Crippen LogP) is 3.65. The molecule has 0 amide bonds. The maximum absolute atomic E-state index is 11.0. The quantitative estimate of drug-likeness (QED) is 0.892. The zero-order valence-electron chi connectivity index (χ0n) is 10.2. The van der Waals surface area contributed by atoms with Crippen LogP contribution in [0.25, 0.3) is 0 Å². The van der Waals surface area contributed by atoms with Crippen molar-refractivity contribution in [3.8, 4) is 0 Å². The third-order valence-corrected chi connectivity index (χ3v) is 4.08. The van der Waals surface area contributed by atoms with Crippen molar-refractivity contribution in [3.63, 3.8) is 0 Å². The van der Waals surface area contributed by atoms with E-state index >= 15 is 0 Å². The molecular weight excluding hydrogens is 236 g/mol. The van der Waals surface area contributed by atoms with E-state index in [0.717, 1.165) is 24.8 Å². The van der Waals surface area contributed by atoms with Gasteiger partial charge in [-0.1, -0.05) is 31.0 Å². The number of rotatable bonds is 3. The van der Waals surface area contributed by atoms with E-state index in [9.17, 15) is 4.79 Å². The lowest BCUT2D eigenvalue weighted by Gasteiger charge is -2.11. The van der Waals surface area contributed by atoms with Gasteiger partial charge >= 0.3 is 5.97 Å². The smallest absolute Gasteiger partial charge is 0.310 e. The van der Waals surface area contributed by atoms with E-state index in [2.05, 4.69) is 6.92 Å². The molecular formula is C14H17ClO2. The Morgan fingerprint density at radius 3 is 2.59 bits per heavy atom. The summed E-state index contributed by atoms with van der Waals surface area (Å²) in [6, 6.07) is 3.95. The number of halogens is 1. The largest absolute Gasteiger partial charge is 0.481 e. The van der Waals surface area contributed by atoms with Crippen molar-refractivity contribution in [2.75, 3.05) is 0 Å². The van der Waals surface area contributed by atoms with Gasteiger partial charge in [-0.15, -0.1) is 0 Å². The van der Waals surface area contributed by atoms with Crippen LogP contribution in [0.15, 0.2) is 12.1 Å². The van der Waals surface area contributed by atoms with Crippen molar-refractivity contribution in [1.29, 1.82) is 0 Å². The van der Waals surface area contributed by atoms with Crippen LogP contribution in [0.1, 0.15) is 42.9 Å². The third-order valence-electron chi connectivity index (χ3n) is 3.75. The topological polar surface area (TPSA) is 37.3 Å². The predicted molar refractivity (Wildman–Crippen MR) is 68.7 cm³/mol. The zero-order valence-corrected chi connectivity index (χ0v) is 10.9. The highest BCUT2D eigenvalue weighted by Crippen LogP contribution is 2.35. The van der Waals surface area contributed by atoms with Crippen molar-refractivity contribution >= 4 is 17.6 Å². The average molecular weight is 253 g/mol. The first-order chi connectivity index (χ1) is 8.02. The lowest BCUT2D eigenvalue weighted by molar-refractivity contribution is -0.138. The number of carboxylic acid groups (broad SMARTS) is 1. The molecule has 17 heavy (non-hydrogen) atoms. The summed E-state index contributed by atoms with van der Waals surface area (Å²) in [4.78, 5) is 11.0. The second-order valence-electron chi connectivity index (χ2n) is 4.88. The highest BCUT2D eigenvalue weighted by molar-refractivity contribution is 6.31. The van der Waals surface area contributed by atoms with Gasteiger partial charge in [0.2, 0.25) is 0 Å². The lowest BCUT2D eigenvalue weighted by atomic mass is 9.97. The van der Waals surface area contributed by atoms with Crippen LogP contribution in [0.4, 0.5) is 0 Å². The summed E-state index contributed by atoms with van der Waals surface area (Å²) < 4.78 is 0. The number of carboxylic acids is 1. The summed E-state index contributed by atoms with van der Waals surface area (Å²) in [6.45, 7) is 3.88. The molecule has 1 aromatic carbocycles. The molecule has 0 heterocycles. The summed E-state index contributed by atoms with van der Waals surface area (Å²) in [5, 5.41) is 9.64. The summed E-state index contributed by atoms with van der Waals surface area (Å²) >= 11 is 6.17. The normalized spacial score (nSPS) is 20.1. The number of carbonyl (C=O) groups is 1. The molecule has 0 spiro atoms. The van der Waals surface area contributed by atoms with E-state index in [1.807, 2.05) is 12.1 Å². The number of fused-ring (bicyclic) bond motifs is 1. The van der Waals surface area contributed by atoms with Gasteiger partial charge < -0.3 is 5.11 Å². The average Bonchev–Trinajstić information content (AvgIpc) is 2.68. The Morgan fingerprint density at radius 1 is 1.47 bits per heavy atom. The zero-order chi connectivity index (χ0) is 12.6. The van der Waals surface area contributed by atoms with Gasteiger partial charge in [-0.05, 0) is 48.4 Å². The van der Waals surface area contributed by atoms with Crippen LogP contribution in [0.5, 0.6) is 0 Å². The number of benzene rings is 1. The van der Waals surface area contributed by atoms with Gasteiger partial charge in [0.25, 0.3) is 0 Å². The minimum absolute atomic E-state index is 0.534. The minimum Gasteiger partial charge on any atom is -0.481 e. The summed E-state index contributed by atoms with van der Waals surface area (Å²) in [5.41, 5.74) is 3.32. The second-order valence-corrected chi connectivity index (χ2v) is 5.29. The van der Waals surface area contributed by atoms with Gasteiger partial charge in [-0.25, -0.2) is 0 Å². The minimum atomic E-state index is -0.822. The molecule has 0 saturated carbocycles. The maximum atomic E-state index is 11.0. The first kappa shape index (κ1) is 12.4. The fourth-order valence-electron chi connectivity index (χ4n) is 2.51. The Hall–Kier alpha value is -1.02. The first-order valence-electron chi connectivity index (χ1n) is 6.07. The van der Waals surface area contributed by atoms with Crippen molar-refractivity contribution in [2.24, 2.45) is 5.92 Å². The van der Waals surface area contributed by atoms with Crippen LogP contribution in [0.2, 0.25) is 5.02 Å². The molecule has 2 nitrogen and oxygen atoms in total. The van der Waals surface area contributed by atoms with Crippen LogP contribution < -0.4 is 0 Å². The molecule has 1 aromatic rings. The molecule has 1 N–H and O–H groups in total. The van der Waals surface area contributed by atoms with Gasteiger partial charge in [0.1, 0.15) is 0 Å². The maximum Gasteiger partial charge on any atom is 0.310 e. The molecule has 0 fully saturated rings. The highest BCUT2D eigenvalue weighted by Gasteiger charge is 2.24. The molecule has 2 unspecified atom stereocenters. The summed E-state index contributed by atoms with van der Waals surface area (Å²) in [6.07, 6.45) is 3.30. The molecule has 0 saturated heterocycles. The van der Waals surface area contributed by atoms with E-state index in [1.54, 1.807) is 6.92 Å². The molecule has 0 aromatic heterocycles. The Balaban J connectivity index is 2.36. The summed E-state index contributed by atoms with van der Waals surface area (Å²) in [5.74, 6) is -0.665. The highest BCUT2D eigenvalue weighted by atomic mass is 35.5. The third kappa shape index (κ3) is 2.32. The molecule has 92 valence electrons. The van der Waals surface area contributed by atoms with Crippen LogP contribution >= 0.6 is 11.6 Å². The molecule has 1 aliphatic carbocycles. The SMILES string of the molecule is CCC1Cc2cc(Cl)c(C(C)C(=O)O)cc2C1. The lowest BCUT2D eigenvalue weighted by Crippen LogP contribution is -2.08. The van der Waals surface area contributed by atoms with Gasteiger partial charge in [-0.3, -0.25) is 4.79 Å². The van der Waals surface area contributed by atoms with Crippen molar-refractivity contribution in [3.05, 3.63) is 33.8 Å². The van der Waals surface area contributed by atoms with Crippen molar-refractivity contribution in [1.82, 2.24) is 0 Å². The van der Waals surface area contributed by atoms with Crippen LogP contribution in [0.3, 0.4) is 0 Å². The standard InChI is InChI=1S/C14H17ClO2/c1-3-9-4-10-6-12(8(2)14(16)17)13(15)7-11(10)5-9/h6-9H,3-5H2,1-2H3,(H,16,17). The van der Waals surface area contributed by atoms with Gasteiger partial charge in [0.05, 0.1) is 5.92 Å². The van der Waals surface area contributed by atoms with Crippen LogP contribution in [-0.4, -0.2) is 11.1 Å². The Labute approximate surface area is 107 Å². The molecule has 0 radical (unpaired) electrons. The fraction of sp³-hybridized carbons (Fsp3) is 0.500. The van der Waals surface area contributed by atoms with E-state index in [-0.39, 0.29) is 0 Å². The number of hydrogen-bond acceptors (Lipinski definition) is 1. The van der Waals surface area contributed by atoms with E-state index in [1.165, 1.54) is 11.1 Å². The van der Waals surface area contributed by atoms with Crippen molar-refractivity contribution in [2.45, 2.75) is 39.0 Å². The monoisotopic (exact) mass is 252 g/mol. The fourth-order valence-corrected chi connectivity index (χ4v) is 2.86. The van der Waals surface area contributed by atoms with Gasteiger partial charge in [0.15, 0.2) is 0 Å². The number of aliphatic carboxylic acids is 1. The molecule has 0 aliphatic heterocycles. The Bertz CT molecular complexity index is 454. The van der Waals surface area contributed by atoms with Gasteiger partial charge in [0, 0.05) is 5.02 Å². The van der Waals surface area contributed by atoms with E-state index in [4.69, 9.17) is 16.7 Å². The molecule has 3 heteroatoms. The first-order valence-corrected chi connectivity index (χ1v) is 6.44. The molecule has 2 atom stereocenters. The van der Waals surface area contributed by atoms with Crippen LogP contribution in [0, 0.1) is 5.92 Å². The Kier molecular flexibility index (Phi) is 3.43. The summed E-state index contributed by atoms with van der Waals surface area (Å²) in [7, 11) is 0.